The van der Waals surface area contributed by atoms with Gasteiger partial charge in [0.1, 0.15) is 5.82 Å². The number of pyridine rings is 1. The number of nitrogens with zero attached hydrogens (tertiary/aromatic N) is 2. The van der Waals surface area contributed by atoms with Gasteiger partial charge >= 0.3 is 0 Å². The van der Waals surface area contributed by atoms with Crippen LogP contribution in [0.1, 0.15) is 20.3 Å². The van der Waals surface area contributed by atoms with Crippen molar-refractivity contribution in [2.45, 2.75) is 31.2 Å². The largest absolute Gasteiger partial charge is 0.384 e. The monoisotopic (exact) mass is 287 g/mol. The normalized spacial score (nSPS) is 13.7. The Balaban J connectivity index is 3.11. The number of anilines is 1. The number of hydrogen-bond acceptors (Lipinski definition) is 5. The molecule has 0 saturated carbocycles. The summed E-state index contributed by atoms with van der Waals surface area (Å²) in [4.78, 5) is 3.97. The van der Waals surface area contributed by atoms with E-state index in [1.807, 2.05) is 13.8 Å². The van der Waals surface area contributed by atoms with Crippen LogP contribution in [0.25, 0.3) is 0 Å². The summed E-state index contributed by atoms with van der Waals surface area (Å²) in [5.74, 6) is 0.192. The lowest BCUT2D eigenvalue weighted by atomic mass is 10.3. The van der Waals surface area contributed by atoms with Crippen molar-refractivity contribution in [1.29, 1.82) is 0 Å². The van der Waals surface area contributed by atoms with E-state index in [0.29, 0.717) is 13.2 Å². The molecule has 1 aromatic rings. The summed E-state index contributed by atoms with van der Waals surface area (Å²) in [5.41, 5.74) is 5.55. The first-order valence-electron chi connectivity index (χ1n) is 6.15. The smallest absolute Gasteiger partial charge is 0.243 e. The molecule has 2 N–H and O–H groups in total. The van der Waals surface area contributed by atoms with Crippen molar-refractivity contribution in [3.05, 3.63) is 18.3 Å². The van der Waals surface area contributed by atoms with Crippen LogP contribution in [0.4, 0.5) is 5.82 Å². The van der Waals surface area contributed by atoms with Crippen LogP contribution in [-0.2, 0) is 14.8 Å². The highest BCUT2D eigenvalue weighted by atomic mass is 32.2. The van der Waals surface area contributed by atoms with Crippen molar-refractivity contribution < 1.29 is 13.2 Å². The van der Waals surface area contributed by atoms with Crippen LogP contribution < -0.4 is 5.73 Å². The number of aromatic nitrogens is 1. The van der Waals surface area contributed by atoms with Gasteiger partial charge in [-0.05, 0) is 19.4 Å². The second kappa shape index (κ2) is 6.83. The van der Waals surface area contributed by atoms with E-state index in [9.17, 15) is 8.42 Å². The van der Waals surface area contributed by atoms with Crippen molar-refractivity contribution in [1.82, 2.24) is 9.29 Å². The zero-order valence-electron chi connectivity index (χ0n) is 11.5. The Labute approximate surface area is 114 Å². The lowest BCUT2D eigenvalue weighted by molar-refractivity contribution is 0.167. The molecule has 108 valence electrons. The van der Waals surface area contributed by atoms with Gasteiger partial charge in [0.05, 0.1) is 11.5 Å². The van der Waals surface area contributed by atoms with Gasteiger partial charge in [0.2, 0.25) is 10.0 Å². The summed E-state index contributed by atoms with van der Waals surface area (Å²) < 4.78 is 31.6. The number of nitrogen functional groups attached to an aromatic ring is 1. The topological polar surface area (TPSA) is 85.5 Å². The van der Waals surface area contributed by atoms with Crippen LogP contribution in [0.5, 0.6) is 0 Å². The maximum atomic E-state index is 12.6. The molecule has 0 radical (unpaired) electrons. The van der Waals surface area contributed by atoms with E-state index in [1.165, 1.54) is 22.6 Å². The van der Waals surface area contributed by atoms with Crippen LogP contribution in [0.15, 0.2) is 23.2 Å². The Bertz CT molecular complexity index is 505. The molecule has 0 aliphatic heterocycles. The highest BCUT2D eigenvalue weighted by Crippen LogP contribution is 2.20. The number of nitrogens with two attached hydrogens (primary N) is 1. The van der Waals surface area contributed by atoms with Gasteiger partial charge in [0.15, 0.2) is 0 Å². The molecule has 0 aromatic carbocycles. The predicted octanol–water partition coefficient (Wildman–Crippen LogP) is 1.10. The zero-order valence-corrected chi connectivity index (χ0v) is 12.4. The van der Waals surface area contributed by atoms with Gasteiger partial charge < -0.3 is 10.5 Å². The number of sulfonamides is 1. The zero-order chi connectivity index (χ0) is 14.5. The Morgan fingerprint density at radius 1 is 1.53 bits per heavy atom. The molecule has 0 aliphatic carbocycles. The van der Waals surface area contributed by atoms with Gasteiger partial charge in [-0.2, -0.15) is 4.31 Å². The van der Waals surface area contributed by atoms with E-state index >= 15 is 0 Å². The molecule has 19 heavy (non-hydrogen) atoms. The lowest BCUT2D eigenvalue weighted by Gasteiger charge is -2.27. The molecule has 1 aromatic heterocycles. The molecule has 0 amide bonds. The van der Waals surface area contributed by atoms with Crippen molar-refractivity contribution in [2.75, 3.05) is 26.0 Å². The van der Waals surface area contributed by atoms with Gasteiger partial charge in [0.25, 0.3) is 0 Å². The second-order valence-corrected chi connectivity index (χ2v) is 6.17. The molecular formula is C12H21N3O3S. The number of rotatable bonds is 7. The molecule has 0 fully saturated rings. The Morgan fingerprint density at radius 2 is 2.21 bits per heavy atom. The third kappa shape index (κ3) is 3.89. The van der Waals surface area contributed by atoms with Crippen LogP contribution in [0.3, 0.4) is 0 Å². The highest BCUT2D eigenvalue weighted by Gasteiger charge is 2.28. The van der Waals surface area contributed by atoms with Crippen molar-refractivity contribution in [3.8, 4) is 0 Å². The standard InChI is InChI=1S/C12H21N3O3S/c1-4-10(2)15(7-8-18-3)19(16,17)11-5-6-14-12(13)9-11/h5-6,9-10H,4,7-8H2,1-3H3,(H2,13,14). The van der Waals surface area contributed by atoms with E-state index in [-0.39, 0.29) is 16.8 Å². The fourth-order valence-electron chi connectivity index (χ4n) is 1.69. The average Bonchev–Trinajstić information content (AvgIpc) is 2.38. The summed E-state index contributed by atoms with van der Waals surface area (Å²) >= 11 is 0. The third-order valence-corrected chi connectivity index (χ3v) is 4.97. The summed E-state index contributed by atoms with van der Waals surface area (Å²) in [6.07, 6.45) is 2.12. The molecule has 0 bridgehead atoms. The maximum Gasteiger partial charge on any atom is 0.243 e. The quantitative estimate of drug-likeness (QED) is 0.811. The third-order valence-electron chi connectivity index (χ3n) is 2.96. The molecular weight excluding hydrogens is 266 g/mol. The van der Waals surface area contributed by atoms with E-state index in [2.05, 4.69) is 4.98 Å². The molecule has 1 unspecified atom stereocenters. The Kier molecular flexibility index (Phi) is 5.71. The SMILES string of the molecule is CCC(C)N(CCOC)S(=O)(=O)c1ccnc(N)c1. The average molecular weight is 287 g/mol. The van der Waals surface area contributed by atoms with Crippen molar-refractivity contribution in [2.24, 2.45) is 0 Å². The van der Waals surface area contributed by atoms with Crippen LogP contribution in [-0.4, -0.2) is 44.0 Å². The molecule has 0 aliphatic rings. The van der Waals surface area contributed by atoms with Gasteiger partial charge in [-0.1, -0.05) is 6.92 Å². The fraction of sp³-hybridized carbons (Fsp3) is 0.583. The van der Waals surface area contributed by atoms with E-state index < -0.39 is 10.0 Å². The molecule has 1 heterocycles. The molecule has 0 saturated heterocycles. The number of methoxy groups -OCH3 is 1. The van der Waals surface area contributed by atoms with Crippen LogP contribution >= 0.6 is 0 Å². The van der Waals surface area contributed by atoms with Crippen LogP contribution in [0, 0.1) is 0 Å². The molecule has 6 nitrogen and oxygen atoms in total. The predicted molar refractivity (Wildman–Crippen MR) is 74.2 cm³/mol. The first-order valence-corrected chi connectivity index (χ1v) is 7.59. The molecule has 0 spiro atoms. The first-order chi connectivity index (χ1) is 8.93. The summed E-state index contributed by atoms with van der Waals surface area (Å²) in [6, 6.07) is 2.72. The van der Waals surface area contributed by atoms with Crippen molar-refractivity contribution >= 4 is 15.8 Å². The second-order valence-electron chi connectivity index (χ2n) is 4.28. The number of hydrogen-bond donors (Lipinski definition) is 1. The Hall–Kier alpha value is -1.18. The summed E-state index contributed by atoms with van der Waals surface area (Å²) in [6.45, 7) is 4.48. The summed E-state index contributed by atoms with van der Waals surface area (Å²) in [7, 11) is -2.03. The van der Waals surface area contributed by atoms with Crippen LogP contribution in [0.2, 0.25) is 0 Å². The van der Waals surface area contributed by atoms with E-state index in [4.69, 9.17) is 10.5 Å². The fourth-order valence-corrected chi connectivity index (χ4v) is 3.40. The minimum absolute atomic E-state index is 0.102. The molecule has 1 rings (SSSR count). The minimum Gasteiger partial charge on any atom is -0.384 e. The van der Waals surface area contributed by atoms with Crippen molar-refractivity contribution in [3.63, 3.8) is 0 Å². The first kappa shape index (κ1) is 15.9. The minimum atomic E-state index is -3.57. The van der Waals surface area contributed by atoms with Gasteiger partial charge in [-0.15, -0.1) is 0 Å². The van der Waals surface area contributed by atoms with E-state index in [1.54, 1.807) is 7.11 Å². The lowest BCUT2D eigenvalue weighted by Crippen LogP contribution is -2.40. The molecule has 1 atom stereocenters. The molecule has 7 heteroatoms. The summed E-state index contributed by atoms with van der Waals surface area (Å²) in [5, 5.41) is 0. The van der Waals surface area contributed by atoms with Gasteiger partial charge in [-0.25, -0.2) is 13.4 Å². The maximum absolute atomic E-state index is 12.6. The van der Waals surface area contributed by atoms with Gasteiger partial charge in [0, 0.05) is 32.0 Å². The highest BCUT2D eigenvalue weighted by molar-refractivity contribution is 7.89. The Morgan fingerprint density at radius 3 is 2.74 bits per heavy atom. The van der Waals surface area contributed by atoms with E-state index in [0.717, 1.165) is 6.42 Å². The van der Waals surface area contributed by atoms with Gasteiger partial charge in [-0.3, -0.25) is 0 Å². The number of ether oxygens (including phenoxy) is 1.